The Labute approximate surface area is 151 Å². The predicted molar refractivity (Wildman–Crippen MR) is 99.8 cm³/mol. The van der Waals surface area contributed by atoms with E-state index < -0.39 is 0 Å². The summed E-state index contributed by atoms with van der Waals surface area (Å²) < 4.78 is 15.5. The standard InChI is InChI=1S/C21H18N2O3/c1-24-18-7-3-14(4-8-18)16-11-17(13-21-20(12-16)22-26-23-21)15-5-9-19(25-2)10-6-15/h3-12H,13H2,1-2H3. The van der Waals surface area contributed by atoms with Crippen LogP contribution in [-0.4, -0.2) is 24.5 Å². The first-order chi connectivity index (χ1) is 12.8. The number of fused-ring (bicyclic) bond motifs is 1. The fourth-order valence-electron chi connectivity index (χ4n) is 2.99. The van der Waals surface area contributed by atoms with E-state index >= 15 is 0 Å². The average molecular weight is 346 g/mol. The lowest BCUT2D eigenvalue weighted by molar-refractivity contribution is 0.303. The zero-order valence-electron chi connectivity index (χ0n) is 14.6. The normalized spacial score (nSPS) is 13.3. The number of aromatic nitrogens is 2. The number of ether oxygens (including phenoxy) is 2. The van der Waals surface area contributed by atoms with Crippen LogP contribution in [0, 0.1) is 0 Å². The lowest BCUT2D eigenvalue weighted by Crippen LogP contribution is -1.93. The zero-order valence-corrected chi connectivity index (χ0v) is 14.6. The fraction of sp³-hybridized carbons (Fsp3) is 0.143. The van der Waals surface area contributed by atoms with E-state index in [9.17, 15) is 0 Å². The third-order valence-electron chi connectivity index (χ3n) is 4.45. The molecule has 0 spiro atoms. The Hall–Kier alpha value is -3.34. The molecule has 0 fully saturated rings. The smallest absolute Gasteiger partial charge is 0.132 e. The first-order valence-electron chi connectivity index (χ1n) is 8.29. The van der Waals surface area contributed by atoms with Gasteiger partial charge in [-0.25, -0.2) is 4.63 Å². The Bertz CT molecular complexity index is 967. The minimum atomic E-state index is 0.654. The molecule has 0 unspecified atom stereocenters. The molecule has 2 aromatic carbocycles. The Morgan fingerprint density at radius 1 is 0.769 bits per heavy atom. The van der Waals surface area contributed by atoms with E-state index in [4.69, 9.17) is 14.1 Å². The van der Waals surface area contributed by atoms with Crippen molar-refractivity contribution in [2.45, 2.75) is 6.42 Å². The second-order valence-electron chi connectivity index (χ2n) is 6.00. The van der Waals surface area contributed by atoms with Crippen LogP contribution in [0.25, 0.3) is 17.2 Å². The summed E-state index contributed by atoms with van der Waals surface area (Å²) in [5.74, 6) is 1.66. The Morgan fingerprint density at radius 3 is 2.00 bits per heavy atom. The van der Waals surface area contributed by atoms with Gasteiger partial charge in [-0.15, -0.1) is 0 Å². The van der Waals surface area contributed by atoms with Crippen molar-refractivity contribution in [2.75, 3.05) is 14.2 Å². The lowest BCUT2D eigenvalue weighted by Gasteiger charge is -2.09. The van der Waals surface area contributed by atoms with Gasteiger partial charge in [0.15, 0.2) is 0 Å². The van der Waals surface area contributed by atoms with Crippen molar-refractivity contribution in [1.29, 1.82) is 0 Å². The highest BCUT2D eigenvalue weighted by atomic mass is 16.6. The predicted octanol–water partition coefficient (Wildman–Crippen LogP) is 4.27. The van der Waals surface area contributed by atoms with E-state index in [-0.39, 0.29) is 0 Å². The van der Waals surface area contributed by atoms with Gasteiger partial charge in [-0.2, -0.15) is 0 Å². The van der Waals surface area contributed by atoms with Crippen molar-refractivity contribution < 1.29 is 14.1 Å². The van der Waals surface area contributed by atoms with Gasteiger partial charge in [0.25, 0.3) is 0 Å². The van der Waals surface area contributed by atoms with Crippen LogP contribution in [0.1, 0.15) is 22.5 Å². The second kappa shape index (κ2) is 6.88. The Morgan fingerprint density at radius 2 is 1.38 bits per heavy atom. The van der Waals surface area contributed by atoms with E-state index in [1.807, 2.05) is 42.5 Å². The molecule has 4 rings (SSSR count). The summed E-state index contributed by atoms with van der Waals surface area (Å²) in [5, 5.41) is 8.11. The molecule has 0 radical (unpaired) electrons. The first-order valence-corrected chi connectivity index (χ1v) is 8.29. The molecular weight excluding hydrogens is 328 g/mol. The van der Waals surface area contributed by atoms with Crippen LogP contribution in [0.4, 0.5) is 0 Å². The van der Waals surface area contributed by atoms with Crippen LogP contribution in [0.15, 0.2) is 59.2 Å². The summed E-state index contributed by atoms with van der Waals surface area (Å²) in [7, 11) is 3.33. The van der Waals surface area contributed by atoms with Gasteiger partial charge in [0, 0.05) is 6.42 Å². The van der Waals surface area contributed by atoms with Crippen LogP contribution in [0.3, 0.4) is 0 Å². The molecule has 0 atom stereocenters. The molecule has 5 nitrogen and oxygen atoms in total. The van der Waals surface area contributed by atoms with Crippen LogP contribution in [0.5, 0.6) is 11.5 Å². The van der Waals surface area contributed by atoms with E-state index in [1.54, 1.807) is 14.2 Å². The second-order valence-corrected chi connectivity index (χ2v) is 6.00. The maximum Gasteiger partial charge on any atom is 0.132 e. The molecule has 1 aromatic heterocycles. The Balaban J connectivity index is 1.78. The van der Waals surface area contributed by atoms with Crippen LogP contribution in [0.2, 0.25) is 0 Å². The molecule has 0 N–H and O–H groups in total. The number of hydrogen-bond donors (Lipinski definition) is 0. The molecule has 0 saturated heterocycles. The highest BCUT2D eigenvalue weighted by Crippen LogP contribution is 2.32. The first kappa shape index (κ1) is 16.1. The van der Waals surface area contributed by atoms with Gasteiger partial charge in [0.1, 0.15) is 22.9 Å². The lowest BCUT2D eigenvalue weighted by atomic mass is 9.97. The molecule has 26 heavy (non-hydrogen) atoms. The molecule has 1 aliphatic carbocycles. The number of allylic oxidation sites excluding steroid dienone is 3. The van der Waals surface area contributed by atoms with E-state index in [2.05, 4.69) is 28.5 Å². The van der Waals surface area contributed by atoms with Crippen molar-refractivity contribution in [3.05, 3.63) is 77.1 Å². The third kappa shape index (κ3) is 3.11. The maximum atomic E-state index is 5.26. The molecule has 0 saturated carbocycles. The average Bonchev–Trinajstić information content (AvgIpc) is 3.05. The molecule has 1 heterocycles. The molecule has 0 aliphatic heterocycles. The van der Waals surface area contributed by atoms with Gasteiger partial charge in [0.05, 0.1) is 14.2 Å². The topological polar surface area (TPSA) is 57.4 Å². The fourth-order valence-corrected chi connectivity index (χ4v) is 2.99. The summed E-state index contributed by atoms with van der Waals surface area (Å²) in [6.45, 7) is 0. The van der Waals surface area contributed by atoms with Crippen molar-refractivity contribution in [2.24, 2.45) is 0 Å². The molecule has 1 aliphatic rings. The summed E-state index contributed by atoms with van der Waals surface area (Å²) in [6.07, 6.45) is 4.83. The van der Waals surface area contributed by atoms with Gasteiger partial charge in [-0.1, -0.05) is 40.7 Å². The summed E-state index contributed by atoms with van der Waals surface area (Å²) >= 11 is 0. The number of benzene rings is 2. The van der Waals surface area contributed by atoms with E-state index in [0.29, 0.717) is 6.42 Å². The van der Waals surface area contributed by atoms with Gasteiger partial charge >= 0.3 is 0 Å². The van der Waals surface area contributed by atoms with Crippen molar-refractivity contribution in [3.8, 4) is 11.5 Å². The van der Waals surface area contributed by atoms with Gasteiger partial charge in [-0.3, -0.25) is 0 Å². The minimum absolute atomic E-state index is 0.654. The third-order valence-corrected chi connectivity index (χ3v) is 4.45. The van der Waals surface area contributed by atoms with Crippen molar-refractivity contribution >= 4 is 17.2 Å². The van der Waals surface area contributed by atoms with Crippen molar-refractivity contribution in [1.82, 2.24) is 10.3 Å². The Kier molecular flexibility index (Phi) is 4.27. The summed E-state index contributed by atoms with van der Waals surface area (Å²) in [4.78, 5) is 0. The van der Waals surface area contributed by atoms with Crippen LogP contribution in [-0.2, 0) is 6.42 Å². The summed E-state index contributed by atoms with van der Waals surface area (Å²) in [5.41, 5.74) is 5.97. The molecule has 0 amide bonds. The molecular formula is C21H18N2O3. The number of methoxy groups -OCH3 is 2. The maximum absolute atomic E-state index is 5.26. The van der Waals surface area contributed by atoms with Crippen LogP contribution < -0.4 is 9.47 Å². The number of nitrogens with zero attached hydrogens (tertiary/aromatic N) is 2. The monoisotopic (exact) mass is 346 g/mol. The minimum Gasteiger partial charge on any atom is -0.497 e. The van der Waals surface area contributed by atoms with Gasteiger partial charge in [-0.05, 0) is 52.6 Å². The van der Waals surface area contributed by atoms with Gasteiger partial charge in [0.2, 0.25) is 0 Å². The SMILES string of the molecule is COc1ccc(C2=Cc3nonc3CC(c3ccc(OC)cc3)=C2)cc1. The van der Waals surface area contributed by atoms with Crippen LogP contribution >= 0.6 is 0 Å². The highest BCUT2D eigenvalue weighted by Gasteiger charge is 2.17. The van der Waals surface area contributed by atoms with Crippen molar-refractivity contribution in [3.63, 3.8) is 0 Å². The molecule has 3 aromatic rings. The number of hydrogen-bond acceptors (Lipinski definition) is 5. The molecule has 130 valence electrons. The highest BCUT2D eigenvalue weighted by molar-refractivity contribution is 5.94. The quantitative estimate of drug-likeness (QED) is 0.706. The zero-order chi connectivity index (χ0) is 17.9. The van der Waals surface area contributed by atoms with E-state index in [1.165, 1.54) is 0 Å². The number of rotatable bonds is 4. The molecule has 0 bridgehead atoms. The molecule has 5 heteroatoms. The van der Waals surface area contributed by atoms with E-state index in [0.717, 1.165) is 45.2 Å². The largest absolute Gasteiger partial charge is 0.497 e. The summed E-state index contributed by atoms with van der Waals surface area (Å²) in [6, 6.07) is 16.0. The van der Waals surface area contributed by atoms with Gasteiger partial charge < -0.3 is 9.47 Å².